The summed E-state index contributed by atoms with van der Waals surface area (Å²) in [7, 11) is 1.69. The number of guanidine groups is 1. The van der Waals surface area contributed by atoms with Gasteiger partial charge in [0.25, 0.3) is 0 Å². The van der Waals surface area contributed by atoms with Gasteiger partial charge in [-0.1, -0.05) is 12.1 Å². The summed E-state index contributed by atoms with van der Waals surface area (Å²) in [4.78, 5) is 6.30. The molecular weight excluding hydrogens is 498 g/mol. The predicted molar refractivity (Wildman–Crippen MR) is 115 cm³/mol. The summed E-state index contributed by atoms with van der Waals surface area (Å²) in [6.07, 6.45) is -1.05. The van der Waals surface area contributed by atoms with Crippen molar-refractivity contribution in [3.8, 4) is 0 Å². The Kier molecular flexibility index (Phi) is 8.32. The molecule has 1 aromatic heterocycles. The van der Waals surface area contributed by atoms with Crippen molar-refractivity contribution in [1.82, 2.24) is 20.0 Å². The van der Waals surface area contributed by atoms with Gasteiger partial charge in [-0.3, -0.25) is 9.67 Å². The average Bonchev–Trinajstić information content (AvgIpc) is 3.10. The summed E-state index contributed by atoms with van der Waals surface area (Å²) in [6, 6.07) is 5.31. The molecule has 1 N–H and O–H groups in total. The molecule has 1 fully saturated rings. The lowest BCUT2D eigenvalue weighted by Crippen LogP contribution is -2.48. The summed E-state index contributed by atoms with van der Waals surface area (Å²) in [5.41, 5.74) is 0.950. The van der Waals surface area contributed by atoms with Crippen molar-refractivity contribution in [1.29, 1.82) is 0 Å². The zero-order valence-electron chi connectivity index (χ0n) is 16.3. The lowest BCUT2D eigenvalue weighted by atomic mass is 10.0. The maximum absolute atomic E-state index is 13.0. The smallest absolute Gasteiger partial charge is 0.370 e. The van der Waals surface area contributed by atoms with Gasteiger partial charge in [-0.15, -0.1) is 24.0 Å². The Morgan fingerprint density at radius 2 is 2.17 bits per heavy atom. The van der Waals surface area contributed by atoms with Crippen molar-refractivity contribution in [3.63, 3.8) is 0 Å². The van der Waals surface area contributed by atoms with Crippen molar-refractivity contribution in [2.24, 2.45) is 4.99 Å². The van der Waals surface area contributed by atoms with Gasteiger partial charge in [0, 0.05) is 26.3 Å². The van der Waals surface area contributed by atoms with E-state index in [1.165, 1.54) is 6.07 Å². The number of aromatic nitrogens is 2. The number of aryl methyl sites for hydroxylation is 1. The third-order valence-corrected chi connectivity index (χ3v) is 4.55. The Morgan fingerprint density at radius 3 is 2.83 bits per heavy atom. The van der Waals surface area contributed by atoms with E-state index in [9.17, 15) is 13.2 Å². The normalized spacial score (nSPS) is 17.8. The van der Waals surface area contributed by atoms with Crippen molar-refractivity contribution in [3.05, 3.63) is 53.3 Å². The number of benzene rings is 1. The van der Waals surface area contributed by atoms with E-state index < -0.39 is 17.8 Å². The summed E-state index contributed by atoms with van der Waals surface area (Å²) < 4.78 is 46.5. The van der Waals surface area contributed by atoms with Crippen LogP contribution in [0.3, 0.4) is 0 Å². The van der Waals surface area contributed by atoms with Gasteiger partial charge in [0.15, 0.2) is 5.96 Å². The Balaban J connectivity index is 0.00000300. The van der Waals surface area contributed by atoms with Crippen LogP contribution in [-0.2, 0) is 17.5 Å². The molecule has 10 heteroatoms. The number of nitrogens with zero attached hydrogens (tertiary/aromatic N) is 4. The van der Waals surface area contributed by atoms with Crippen LogP contribution in [0.1, 0.15) is 22.8 Å². The summed E-state index contributed by atoms with van der Waals surface area (Å²) in [5, 5.41) is 7.53. The molecule has 1 unspecified atom stereocenters. The van der Waals surface area contributed by atoms with Crippen LogP contribution in [0.2, 0.25) is 0 Å². The fraction of sp³-hybridized carbons (Fsp3) is 0.474. The van der Waals surface area contributed by atoms with Gasteiger partial charge < -0.3 is 15.0 Å². The van der Waals surface area contributed by atoms with Crippen LogP contribution in [0.15, 0.2) is 41.7 Å². The first-order chi connectivity index (χ1) is 13.4. The molecule has 0 bridgehead atoms. The van der Waals surface area contributed by atoms with Crippen molar-refractivity contribution in [2.75, 3.05) is 33.3 Å². The number of hydrogen-bond acceptors (Lipinski definition) is 3. The van der Waals surface area contributed by atoms with Crippen molar-refractivity contribution < 1.29 is 17.9 Å². The van der Waals surface area contributed by atoms with Crippen LogP contribution in [-0.4, -0.2) is 53.9 Å². The van der Waals surface area contributed by atoms with Crippen LogP contribution in [0, 0.1) is 6.92 Å². The molecule has 2 aromatic rings. The first-order valence-electron chi connectivity index (χ1n) is 9.10. The van der Waals surface area contributed by atoms with Gasteiger partial charge in [-0.2, -0.15) is 18.3 Å². The molecule has 1 saturated heterocycles. The highest BCUT2D eigenvalue weighted by atomic mass is 127. The first kappa shape index (κ1) is 23.5. The number of aliphatic imine (C=N–C) groups is 1. The summed E-state index contributed by atoms with van der Waals surface area (Å²) in [5.74, 6) is 0.698. The van der Waals surface area contributed by atoms with Gasteiger partial charge >= 0.3 is 6.18 Å². The Bertz CT molecular complexity index is 824. The molecule has 0 radical (unpaired) electrons. The molecule has 160 valence electrons. The topological polar surface area (TPSA) is 54.7 Å². The van der Waals surface area contributed by atoms with E-state index in [1.807, 2.05) is 22.7 Å². The lowest BCUT2D eigenvalue weighted by molar-refractivity contribution is -0.137. The SMILES string of the molecule is CN=C(NCCn1cc(C)cn1)N1CCOC(c2cccc(C(F)(F)F)c2)C1.I. The average molecular weight is 523 g/mol. The number of alkyl halides is 3. The van der Waals surface area contributed by atoms with Gasteiger partial charge in [0.05, 0.1) is 31.5 Å². The largest absolute Gasteiger partial charge is 0.416 e. The highest BCUT2D eigenvalue weighted by Crippen LogP contribution is 2.32. The van der Waals surface area contributed by atoms with Gasteiger partial charge in [-0.05, 0) is 30.2 Å². The number of rotatable bonds is 4. The molecular formula is C19H25F3IN5O. The fourth-order valence-electron chi connectivity index (χ4n) is 3.16. The third-order valence-electron chi connectivity index (χ3n) is 4.55. The lowest BCUT2D eigenvalue weighted by Gasteiger charge is -2.35. The third kappa shape index (κ3) is 6.33. The van der Waals surface area contributed by atoms with Crippen LogP contribution < -0.4 is 5.32 Å². The molecule has 29 heavy (non-hydrogen) atoms. The number of nitrogens with one attached hydrogen (secondary N) is 1. The monoisotopic (exact) mass is 523 g/mol. The second-order valence-corrected chi connectivity index (χ2v) is 6.68. The zero-order valence-corrected chi connectivity index (χ0v) is 18.6. The highest BCUT2D eigenvalue weighted by molar-refractivity contribution is 14.0. The molecule has 6 nitrogen and oxygen atoms in total. The van der Waals surface area contributed by atoms with Crippen molar-refractivity contribution >= 4 is 29.9 Å². The number of ether oxygens (including phenoxy) is 1. The molecule has 2 heterocycles. The summed E-state index contributed by atoms with van der Waals surface area (Å²) in [6.45, 7) is 4.78. The van der Waals surface area contributed by atoms with E-state index in [0.29, 0.717) is 44.3 Å². The minimum absolute atomic E-state index is 0. The molecule has 0 spiro atoms. The second kappa shape index (κ2) is 10.3. The van der Waals surface area contributed by atoms with Crippen LogP contribution in [0.25, 0.3) is 0 Å². The van der Waals surface area contributed by atoms with Gasteiger partial charge in [0.1, 0.15) is 6.10 Å². The molecule has 0 amide bonds. The molecule has 0 saturated carbocycles. The van der Waals surface area contributed by atoms with E-state index in [1.54, 1.807) is 19.3 Å². The van der Waals surface area contributed by atoms with Crippen molar-refractivity contribution in [2.45, 2.75) is 25.7 Å². The number of halogens is 4. The van der Waals surface area contributed by atoms with E-state index >= 15 is 0 Å². The zero-order chi connectivity index (χ0) is 20.1. The van der Waals surface area contributed by atoms with E-state index in [0.717, 1.165) is 17.7 Å². The molecule has 1 aliphatic heterocycles. The minimum atomic E-state index is -4.37. The number of morpholine rings is 1. The predicted octanol–water partition coefficient (Wildman–Crippen LogP) is 3.48. The Morgan fingerprint density at radius 1 is 1.38 bits per heavy atom. The highest BCUT2D eigenvalue weighted by Gasteiger charge is 2.32. The van der Waals surface area contributed by atoms with E-state index in [-0.39, 0.29) is 24.0 Å². The van der Waals surface area contributed by atoms with Crippen LogP contribution >= 0.6 is 24.0 Å². The number of hydrogen-bond donors (Lipinski definition) is 1. The Labute approximate surface area is 185 Å². The quantitative estimate of drug-likeness (QED) is 0.379. The first-order valence-corrected chi connectivity index (χ1v) is 9.10. The Hall–Kier alpha value is -1.82. The van der Waals surface area contributed by atoms with E-state index in [4.69, 9.17) is 4.74 Å². The van der Waals surface area contributed by atoms with E-state index in [2.05, 4.69) is 15.4 Å². The maximum Gasteiger partial charge on any atom is 0.416 e. The molecule has 0 aliphatic carbocycles. The van der Waals surface area contributed by atoms with Gasteiger partial charge in [0.2, 0.25) is 0 Å². The summed E-state index contributed by atoms with van der Waals surface area (Å²) >= 11 is 0. The molecule has 1 aliphatic rings. The standard InChI is InChI=1S/C19H24F3N5O.HI/c1-14-11-25-27(12-14)7-6-24-18(23-2)26-8-9-28-17(13-26)15-4-3-5-16(10-15)19(20,21)22;/h3-5,10-12,17H,6-9,13H2,1-2H3,(H,23,24);1H. The van der Waals surface area contributed by atoms with Crippen LogP contribution in [0.4, 0.5) is 13.2 Å². The molecule has 1 aromatic carbocycles. The fourth-order valence-corrected chi connectivity index (χ4v) is 3.16. The minimum Gasteiger partial charge on any atom is -0.370 e. The van der Waals surface area contributed by atoms with Gasteiger partial charge in [-0.25, -0.2) is 0 Å². The maximum atomic E-state index is 13.0. The second-order valence-electron chi connectivity index (χ2n) is 6.68. The molecule has 3 rings (SSSR count). The van der Waals surface area contributed by atoms with Crippen LogP contribution in [0.5, 0.6) is 0 Å². The molecule has 1 atom stereocenters.